The quantitative estimate of drug-likeness (QED) is 0.810. The highest BCUT2D eigenvalue weighted by Crippen LogP contribution is 2.21. The fourth-order valence-corrected chi connectivity index (χ4v) is 1.56. The van der Waals surface area contributed by atoms with Gasteiger partial charge in [0.25, 0.3) is 0 Å². The van der Waals surface area contributed by atoms with Crippen LogP contribution < -0.4 is 5.73 Å². The molecule has 0 bridgehead atoms. The van der Waals surface area contributed by atoms with Crippen LogP contribution in [0, 0.1) is 0 Å². The number of nitrogens with two attached hydrogens (primary N) is 1. The Morgan fingerprint density at radius 2 is 2.06 bits per heavy atom. The standard InChI is InChI=1S/C12H13N3O/c13-12-10(4-2-6-15-12)11(16)7-9-3-1-5-14-8-9/h1-6,8,11,16H,7H2,(H2,13,15). The molecule has 1 unspecified atom stereocenters. The van der Waals surface area contributed by atoms with Crippen LogP contribution in [0.15, 0.2) is 42.9 Å². The van der Waals surface area contributed by atoms with Gasteiger partial charge in [0.05, 0.1) is 6.10 Å². The summed E-state index contributed by atoms with van der Waals surface area (Å²) in [7, 11) is 0. The summed E-state index contributed by atoms with van der Waals surface area (Å²) in [6.45, 7) is 0. The lowest BCUT2D eigenvalue weighted by atomic mass is 10.0. The Kier molecular flexibility index (Phi) is 3.12. The van der Waals surface area contributed by atoms with Gasteiger partial charge in [0, 0.05) is 30.6 Å². The summed E-state index contributed by atoms with van der Waals surface area (Å²) in [5, 5.41) is 10.0. The first kappa shape index (κ1) is 10.6. The fourth-order valence-electron chi connectivity index (χ4n) is 1.56. The lowest BCUT2D eigenvalue weighted by molar-refractivity contribution is 0.179. The van der Waals surface area contributed by atoms with E-state index in [4.69, 9.17) is 5.73 Å². The van der Waals surface area contributed by atoms with Crippen molar-refractivity contribution in [1.29, 1.82) is 0 Å². The van der Waals surface area contributed by atoms with Crippen LogP contribution in [0.25, 0.3) is 0 Å². The van der Waals surface area contributed by atoms with Gasteiger partial charge in [-0.15, -0.1) is 0 Å². The van der Waals surface area contributed by atoms with E-state index in [0.717, 1.165) is 5.56 Å². The molecular formula is C12H13N3O. The smallest absolute Gasteiger partial charge is 0.129 e. The van der Waals surface area contributed by atoms with Gasteiger partial charge in [-0.05, 0) is 17.7 Å². The van der Waals surface area contributed by atoms with E-state index < -0.39 is 6.10 Å². The molecule has 0 fully saturated rings. The number of rotatable bonds is 3. The van der Waals surface area contributed by atoms with Gasteiger partial charge in [0.15, 0.2) is 0 Å². The number of pyridine rings is 2. The van der Waals surface area contributed by atoms with Crippen LogP contribution in [0.1, 0.15) is 17.2 Å². The van der Waals surface area contributed by atoms with Crippen LogP contribution in [0.3, 0.4) is 0 Å². The molecule has 0 saturated carbocycles. The molecule has 2 rings (SSSR count). The van der Waals surface area contributed by atoms with Crippen molar-refractivity contribution >= 4 is 5.82 Å². The maximum absolute atomic E-state index is 10.0. The van der Waals surface area contributed by atoms with E-state index in [1.807, 2.05) is 12.1 Å². The number of hydrogen-bond acceptors (Lipinski definition) is 4. The second-order valence-electron chi connectivity index (χ2n) is 3.56. The molecule has 0 spiro atoms. The lowest BCUT2D eigenvalue weighted by Gasteiger charge is -2.12. The first-order valence-electron chi connectivity index (χ1n) is 5.04. The minimum Gasteiger partial charge on any atom is -0.388 e. The van der Waals surface area contributed by atoms with E-state index in [2.05, 4.69) is 9.97 Å². The van der Waals surface area contributed by atoms with Crippen LogP contribution in [0.5, 0.6) is 0 Å². The third-order valence-corrected chi connectivity index (χ3v) is 2.38. The van der Waals surface area contributed by atoms with Gasteiger partial charge in [-0.1, -0.05) is 12.1 Å². The van der Waals surface area contributed by atoms with Crippen LogP contribution in [-0.2, 0) is 6.42 Å². The van der Waals surface area contributed by atoms with E-state index >= 15 is 0 Å². The molecule has 0 amide bonds. The third kappa shape index (κ3) is 2.35. The van der Waals surface area contributed by atoms with Gasteiger partial charge < -0.3 is 10.8 Å². The number of aliphatic hydroxyl groups is 1. The van der Waals surface area contributed by atoms with Crippen molar-refractivity contribution in [1.82, 2.24) is 9.97 Å². The van der Waals surface area contributed by atoms with E-state index in [-0.39, 0.29) is 0 Å². The van der Waals surface area contributed by atoms with Crippen molar-refractivity contribution in [3.63, 3.8) is 0 Å². The van der Waals surface area contributed by atoms with E-state index in [1.54, 1.807) is 30.7 Å². The maximum Gasteiger partial charge on any atom is 0.129 e. The van der Waals surface area contributed by atoms with Crippen molar-refractivity contribution in [3.05, 3.63) is 54.0 Å². The summed E-state index contributed by atoms with van der Waals surface area (Å²) in [6, 6.07) is 7.30. The highest BCUT2D eigenvalue weighted by Gasteiger charge is 2.11. The van der Waals surface area contributed by atoms with Gasteiger partial charge >= 0.3 is 0 Å². The van der Waals surface area contributed by atoms with Gasteiger partial charge in [0.1, 0.15) is 5.82 Å². The second-order valence-corrected chi connectivity index (χ2v) is 3.56. The SMILES string of the molecule is Nc1ncccc1C(O)Cc1cccnc1. The summed E-state index contributed by atoms with van der Waals surface area (Å²) in [6.07, 6.45) is 4.89. The van der Waals surface area contributed by atoms with Crippen LogP contribution >= 0.6 is 0 Å². The zero-order valence-corrected chi connectivity index (χ0v) is 8.74. The largest absolute Gasteiger partial charge is 0.388 e. The Morgan fingerprint density at radius 1 is 1.25 bits per heavy atom. The summed E-state index contributed by atoms with van der Waals surface area (Å²) in [5.74, 6) is 0.374. The topological polar surface area (TPSA) is 72.0 Å². The maximum atomic E-state index is 10.0. The van der Waals surface area contributed by atoms with Gasteiger partial charge in [-0.2, -0.15) is 0 Å². The summed E-state index contributed by atoms with van der Waals surface area (Å²) < 4.78 is 0. The minimum atomic E-state index is -0.641. The predicted molar refractivity (Wildman–Crippen MR) is 61.6 cm³/mol. The Labute approximate surface area is 93.8 Å². The molecule has 4 heteroatoms. The van der Waals surface area contributed by atoms with Crippen LogP contribution in [-0.4, -0.2) is 15.1 Å². The molecule has 0 saturated heterocycles. The van der Waals surface area contributed by atoms with E-state index in [9.17, 15) is 5.11 Å². The zero-order valence-electron chi connectivity index (χ0n) is 8.74. The normalized spacial score (nSPS) is 12.3. The number of nitrogen functional groups attached to an aromatic ring is 1. The monoisotopic (exact) mass is 215 g/mol. The Hall–Kier alpha value is -1.94. The van der Waals surface area contributed by atoms with Gasteiger partial charge in [0.2, 0.25) is 0 Å². The van der Waals surface area contributed by atoms with E-state index in [1.165, 1.54) is 0 Å². The predicted octanol–water partition coefficient (Wildman–Crippen LogP) is 1.33. The number of hydrogen-bond donors (Lipinski definition) is 2. The zero-order chi connectivity index (χ0) is 11.4. The molecule has 1 atom stereocenters. The number of aliphatic hydroxyl groups excluding tert-OH is 1. The molecule has 0 aliphatic rings. The summed E-state index contributed by atoms with van der Waals surface area (Å²) >= 11 is 0. The molecule has 0 aliphatic heterocycles. The molecular weight excluding hydrogens is 202 g/mol. The Morgan fingerprint density at radius 3 is 2.75 bits per heavy atom. The second kappa shape index (κ2) is 4.72. The highest BCUT2D eigenvalue weighted by atomic mass is 16.3. The van der Waals surface area contributed by atoms with Crippen LogP contribution in [0.4, 0.5) is 5.82 Å². The molecule has 16 heavy (non-hydrogen) atoms. The molecule has 82 valence electrons. The average molecular weight is 215 g/mol. The summed E-state index contributed by atoms with van der Waals surface area (Å²) in [4.78, 5) is 7.94. The third-order valence-electron chi connectivity index (χ3n) is 2.38. The molecule has 3 N–H and O–H groups in total. The van der Waals surface area contributed by atoms with Crippen molar-refractivity contribution in [3.8, 4) is 0 Å². The van der Waals surface area contributed by atoms with E-state index in [0.29, 0.717) is 17.8 Å². The molecule has 2 aromatic heterocycles. The first-order chi connectivity index (χ1) is 7.77. The van der Waals surface area contributed by atoms with Gasteiger partial charge in [-0.3, -0.25) is 4.98 Å². The van der Waals surface area contributed by atoms with Gasteiger partial charge in [-0.25, -0.2) is 4.98 Å². The highest BCUT2D eigenvalue weighted by molar-refractivity contribution is 5.40. The fraction of sp³-hybridized carbons (Fsp3) is 0.167. The van der Waals surface area contributed by atoms with Crippen molar-refractivity contribution in [2.75, 3.05) is 5.73 Å². The first-order valence-corrected chi connectivity index (χ1v) is 5.04. The van der Waals surface area contributed by atoms with Crippen molar-refractivity contribution in [2.24, 2.45) is 0 Å². The number of anilines is 1. The Bertz CT molecular complexity index is 459. The molecule has 0 aliphatic carbocycles. The molecule has 0 radical (unpaired) electrons. The molecule has 4 nitrogen and oxygen atoms in total. The van der Waals surface area contributed by atoms with Crippen molar-refractivity contribution in [2.45, 2.75) is 12.5 Å². The average Bonchev–Trinajstić information content (AvgIpc) is 2.31. The van der Waals surface area contributed by atoms with Crippen molar-refractivity contribution < 1.29 is 5.11 Å². The Balaban J connectivity index is 2.15. The summed E-state index contributed by atoms with van der Waals surface area (Å²) in [5.41, 5.74) is 7.32. The molecule has 2 heterocycles. The number of aromatic nitrogens is 2. The van der Waals surface area contributed by atoms with Crippen LogP contribution in [0.2, 0.25) is 0 Å². The molecule has 0 aromatic carbocycles. The number of nitrogens with zero attached hydrogens (tertiary/aromatic N) is 2. The minimum absolute atomic E-state index is 0.374. The lowest BCUT2D eigenvalue weighted by Crippen LogP contribution is -2.06. The molecule has 2 aromatic rings.